The number of hydrogen-bond donors (Lipinski definition) is 2. The topological polar surface area (TPSA) is 75.3 Å². The smallest absolute Gasteiger partial charge is 0.261 e. The Hall–Kier alpha value is -1.87. The molecule has 0 aliphatic heterocycles. The molecule has 0 bridgehead atoms. The molecule has 144 valence electrons. The molecule has 3 aromatic rings. The summed E-state index contributed by atoms with van der Waals surface area (Å²) in [6.45, 7) is 0. The lowest BCUT2D eigenvalue weighted by molar-refractivity contribution is 0.102. The summed E-state index contributed by atoms with van der Waals surface area (Å²) in [4.78, 5) is 12.5. The average molecular weight is 545 g/mol. The first-order valence-corrected chi connectivity index (χ1v) is 11.3. The molecule has 0 aliphatic rings. The van der Waals surface area contributed by atoms with E-state index in [2.05, 4.69) is 41.9 Å². The molecule has 3 rings (SSSR count). The highest BCUT2D eigenvalue weighted by Gasteiger charge is 2.15. The molecule has 0 saturated heterocycles. The molecule has 0 heterocycles. The molecule has 2 N–H and O–H groups in total. The lowest BCUT2D eigenvalue weighted by Crippen LogP contribution is -2.14. The number of anilines is 2. The Morgan fingerprint density at radius 2 is 1.39 bits per heavy atom. The maximum absolute atomic E-state index is 12.5. The standard InChI is InChI=1S/C19H13Br2ClN2O3S/c20-12-1-4-15(5-2-12)24-28(26,27)16-8-6-14(7-9-16)23-19(25)17-11-13(21)3-10-18(17)22/h1-11,24H,(H,23,25). The summed E-state index contributed by atoms with van der Waals surface area (Å²) >= 11 is 12.7. The quantitative estimate of drug-likeness (QED) is 0.419. The molecule has 0 aliphatic carbocycles. The maximum atomic E-state index is 12.5. The van der Waals surface area contributed by atoms with Crippen LogP contribution in [0.2, 0.25) is 5.02 Å². The SMILES string of the molecule is O=C(Nc1ccc(S(=O)(=O)Nc2ccc(Br)cc2)cc1)c1cc(Br)ccc1Cl. The van der Waals surface area contributed by atoms with Crippen molar-refractivity contribution >= 4 is 70.8 Å². The van der Waals surface area contributed by atoms with Crippen molar-refractivity contribution in [2.45, 2.75) is 4.90 Å². The zero-order chi connectivity index (χ0) is 20.3. The summed E-state index contributed by atoms with van der Waals surface area (Å²) in [5.74, 6) is -0.394. The zero-order valence-corrected chi connectivity index (χ0v) is 18.9. The number of carbonyl (C=O) groups excluding carboxylic acids is 1. The third-order valence-corrected chi connectivity index (χ3v) is 6.44. The van der Waals surface area contributed by atoms with Gasteiger partial charge in [0.15, 0.2) is 0 Å². The van der Waals surface area contributed by atoms with Crippen molar-refractivity contribution < 1.29 is 13.2 Å². The number of halogens is 3. The minimum Gasteiger partial charge on any atom is -0.322 e. The van der Waals surface area contributed by atoms with Crippen molar-refractivity contribution in [2.24, 2.45) is 0 Å². The molecule has 9 heteroatoms. The Kier molecular flexibility index (Phi) is 6.44. The maximum Gasteiger partial charge on any atom is 0.261 e. The molecule has 0 saturated carbocycles. The van der Waals surface area contributed by atoms with Crippen molar-refractivity contribution in [3.63, 3.8) is 0 Å². The van der Waals surface area contributed by atoms with Gasteiger partial charge < -0.3 is 5.32 Å². The summed E-state index contributed by atoms with van der Waals surface area (Å²) in [7, 11) is -3.74. The second-order valence-electron chi connectivity index (χ2n) is 5.72. The number of hydrogen-bond acceptors (Lipinski definition) is 3. The van der Waals surface area contributed by atoms with Crippen molar-refractivity contribution in [1.82, 2.24) is 0 Å². The summed E-state index contributed by atoms with van der Waals surface area (Å²) < 4.78 is 29.1. The van der Waals surface area contributed by atoms with Crippen LogP contribution in [0.25, 0.3) is 0 Å². The summed E-state index contributed by atoms with van der Waals surface area (Å²) in [6, 6.07) is 17.6. The van der Waals surface area contributed by atoms with Gasteiger partial charge in [-0.3, -0.25) is 9.52 Å². The first kappa shape index (κ1) is 20.9. The highest BCUT2D eigenvalue weighted by molar-refractivity contribution is 9.10. The first-order valence-electron chi connectivity index (χ1n) is 7.89. The normalized spacial score (nSPS) is 11.1. The van der Waals surface area contributed by atoms with Crippen LogP contribution in [0.3, 0.4) is 0 Å². The molecule has 28 heavy (non-hydrogen) atoms. The molecule has 3 aromatic carbocycles. The molecule has 5 nitrogen and oxygen atoms in total. The van der Waals surface area contributed by atoms with E-state index in [4.69, 9.17) is 11.6 Å². The number of nitrogens with one attached hydrogen (secondary N) is 2. The fourth-order valence-electron chi connectivity index (χ4n) is 2.32. The second-order valence-corrected chi connectivity index (χ2v) is 9.64. The summed E-state index contributed by atoms with van der Waals surface area (Å²) in [5.41, 5.74) is 1.21. The van der Waals surface area contributed by atoms with E-state index in [0.717, 1.165) is 8.95 Å². The van der Waals surface area contributed by atoms with Crippen molar-refractivity contribution in [1.29, 1.82) is 0 Å². The average Bonchev–Trinajstić information content (AvgIpc) is 2.66. The summed E-state index contributed by atoms with van der Waals surface area (Å²) in [6.07, 6.45) is 0. The van der Waals surface area contributed by atoms with Gasteiger partial charge in [0, 0.05) is 20.3 Å². The van der Waals surface area contributed by atoms with Gasteiger partial charge in [0.1, 0.15) is 0 Å². The van der Waals surface area contributed by atoms with Crippen LogP contribution >= 0.6 is 43.5 Å². The van der Waals surface area contributed by atoms with E-state index < -0.39 is 15.9 Å². The number of rotatable bonds is 5. The third-order valence-electron chi connectivity index (χ3n) is 3.69. The van der Waals surface area contributed by atoms with Crippen LogP contribution in [0.5, 0.6) is 0 Å². The lowest BCUT2D eigenvalue weighted by atomic mass is 10.2. The minimum atomic E-state index is -3.74. The minimum absolute atomic E-state index is 0.0777. The number of carbonyl (C=O) groups is 1. The first-order chi connectivity index (χ1) is 13.2. The second kappa shape index (κ2) is 8.65. The lowest BCUT2D eigenvalue weighted by Gasteiger charge is -2.10. The molecule has 1 amide bonds. The van der Waals surface area contributed by atoms with Crippen LogP contribution < -0.4 is 10.0 Å². The van der Waals surface area contributed by atoms with Gasteiger partial charge in [-0.2, -0.15) is 0 Å². The van der Waals surface area contributed by atoms with E-state index in [-0.39, 0.29) is 4.90 Å². The number of sulfonamides is 1. The van der Waals surface area contributed by atoms with Crippen LogP contribution in [0.15, 0.2) is 80.6 Å². The van der Waals surface area contributed by atoms with Crippen molar-refractivity contribution in [2.75, 3.05) is 10.0 Å². The molecule has 0 unspecified atom stereocenters. The number of amides is 1. The van der Waals surface area contributed by atoms with E-state index in [1.54, 1.807) is 42.5 Å². The monoisotopic (exact) mass is 542 g/mol. The zero-order valence-electron chi connectivity index (χ0n) is 14.1. The van der Waals surface area contributed by atoms with Crippen LogP contribution in [-0.4, -0.2) is 14.3 Å². The highest BCUT2D eigenvalue weighted by Crippen LogP contribution is 2.23. The Morgan fingerprint density at radius 3 is 2.04 bits per heavy atom. The molecule has 0 atom stereocenters. The van der Waals surface area contributed by atoms with Crippen LogP contribution in [0, 0.1) is 0 Å². The van der Waals surface area contributed by atoms with Gasteiger partial charge in [-0.05, 0) is 66.7 Å². The fraction of sp³-hybridized carbons (Fsp3) is 0. The van der Waals surface area contributed by atoms with Gasteiger partial charge in [-0.1, -0.05) is 43.5 Å². The van der Waals surface area contributed by atoms with E-state index in [9.17, 15) is 13.2 Å². The molecular weight excluding hydrogens is 532 g/mol. The van der Waals surface area contributed by atoms with E-state index in [1.165, 1.54) is 24.3 Å². The Balaban J connectivity index is 1.74. The molecule has 0 spiro atoms. The van der Waals surface area contributed by atoms with Gasteiger partial charge in [-0.25, -0.2) is 8.42 Å². The largest absolute Gasteiger partial charge is 0.322 e. The predicted molar refractivity (Wildman–Crippen MR) is 118 cm³/mol. The molecule has 0 aromatic heterocycles. The van der Waals surface area contributed by atoms with Crippen molar-refractivity contribution in [3.8, 4) is 0 Å². The number of benzene rings is 3. The van der Waals surface area contributed by atoms with Gasteiger partial charge in [0.25, 0.3) is 15.9 Å². The molecule has 0 radical (unpaired) electrons. The van der Waals surface area contributed by atoms with Gasteiger partial charge in [0.05, 0.1) is 15.5 Å². The van der Waals surface area contributed by atoms with E-state index in [0.29, 0.717) is 22.0 Å². The Morgan fingerprint density at radius 1 is 0.821 bits per heavy atom. The van der Waals surface area contributed by atoms with Gasteiger partial charge in [-0.15, -0.1) is 0 Å². The summed E-state index contributed by atoms with van der Waals surface area (Å²) in [5, 5.41) is 3.01. The van der Waals surface area contributed by atoms with Crippen LogP contribution in [0.4, 0.5) is 11.4 Å². The molecule has 0 fully saturated rings. The molecular formula is C19H13Br2ClN2O3S. The fourth-order valence-corrected chi connectivity index (χ4v) is 4.21. The van der Waals surface area contributed by atoms with E-state index in [1.807, 2.05) is 0 Å². The highest BCUT2D eigenvalue weighted by atomic mass is 79.9. The third kappa shape index (κ3) is 5.14. The van der Waals surface area contributed by atoms with Crippen LogP contribution in [-0.2, 0) is 10.0 Å². The predicted octanol–water partition coefficient (Wildman–Crippen LogP) is 5.92. The Labute approximate surface area is 184 Å². The van der Waals surface area contributed by atoms with Gasteiger partial charge >= 0.3 is 0 Å². The van der Waals surface area contributed by atoms with E-state index >= 15 is 0 Å². The van der Waals surface area contributed by atoms with Gasteiger partial charge in [0.2, 0.25) is 0 Å². The van der Waals surface area contributed by atoms with Crippen LogP contribution in [0.1, 0.15) is 10.4 Å². The Bertz CT molecular complexity index is 1120. The van der Waals surface area contributed by atoms with Crippen molar-refractivity contribution in [3.05, 3.63) is 86.3 Å².